The number of benzene rings is 2. The largest absolute Gasteiger partial charge is 0.312 e. The van der Waals surface area contributed by atoms with E-state index in [9.17, 15) is 14.0 Å². The van der Waals surface area contributed by atoms with Gasteiger partial charge in [0.05, 0.1) is 5.56 Å². The lowest BCUT2D eigenvalue weighted by atomic mass is 9.84. The molecule has 2 aromatic carbocycles. The summed E-state index contributed by atoms with van der Waals surface area (Å²) >= 11 is 1.37. The summed E-state index contributed by atoms with van der Waals surface area (Å²) < 4.78 is 14.9. The summed E-state index contributed by atoms with van der Waals surface area (Å²) in [6.07, 6.45) is 0.218. The minimum atomic E-state index is -0.324. The minimum absolute atomic E-state index is 0.122. The van der Waals surface area contributed by atoms with E-state index in [0.717, 1.165) is 22.3 Å². The smallest absolute Gasteiger partial charge is 0.279 e. The van der Waals surface area contributed by atoms with Crippen molar-refractivity contribution in [1.29, 1.82) is 0 Å². The molecule has 0 aliphatic carbocycles. The SMILES string of the molecule is Cc1ccc(C2CC(=O)Nc3c2c(=O)nc(SCc2ccc(F)cc2)n3C)c(C)c1. The summed E-state index contributed by atoms with van der Waals surface area (Å²) in [5.41, 5.74) is 4.28. The number of aromatic nitrogens is 2. The number of nitrogens with zero attached hydrogens (tertiary/aromatic N) is 2. The topological polar surface area (TPSA) is 64.0 Å². The van der Waals surface area contributed by atoms with Gasteiger partial charge < -0.3 is 9.88 Å². The van der Waals surface area contributed by atoms with Crippen molar-refractivity contribution >= 4 is 23.5 Å². The first-order chi connectivity index (χ1) is 14.3. The molecule has 1 unspecified atom stereocenters. The van der Waals surface area contributed by atoms with Crippen LogP contribution >= 0.6 is 11.8 Å². The van der Waals surface area contributed by atoms with Crippen molar-refractivity contribution in [2.24, 2.45) is 7.05 Å². The highest BCUT2D eigenvalue weighted by Gasteiger charge is 2.32. The van der Waals surface area contributed by atoms with Crippen LogP contribution in [0.5, 0.6) is 0 Å². The molecule has 0 fully saturated rings. The quantitative estimate of drug-likeness (QED) is 0.502. The van der Waals surface area contributed by atoms with Crippen LogP contribution in [-0.2, 0) is 17.6 Å². The van der Waals surface area contributed by atoms with Gasteiger partial charge in [0, 0.05) is 25.1 Å². The second-order valence-electron chi connectivity index (χ2n) is 7.60. The lowest BCUT2D eigenvalue weighted by Crippen LogP contribution is -2.33. The molecule has 0 radical (unpaired) electrons. The van der Waals surface area contributed by atoms with Crippen molar-refractivity contribution < 1.29 is 9.18 Å². The molecule has 3 aromatic rings. The van der Waals surface area contributed by atoms with Crippen molar-refractivity contribution in [2.45, 2.75) is 37.1 Å². The van der Waals surface area contributed by atoms with Crippen LogP contribution in [-0.4, -0.2) is 15.5 Å². The Hall–Kier alpha value is -2.93. The molecule has 7 heteroatoms. The van der Waals surface area contributed by atoms with E-state index in [1.807, 2.05) is 26.0 Å². The van der Waals surface area contributed by atoms with Crippen molar-refractivity contribution in [3.63, 3.8) is 0 Å². The third kappa shape index (κ3) is 3.89. The zero-order valence-electron chi connectivity index (χ0n) is 17.0. The number of aryl methyl sites for hydroxylation is 2. The maximum Gasteiger partial charge on any atom is 0.279 e. The number of carbonyl (C=O) groups is 1. The molecule has 1 amide bonds. The Labute approximate surface area is 178 Å². The van der Waals surface area contributed by atoms with Gasteiger partial charge in [0.2, 0.25) is 5.91 Å². The minimum Gasteiger partial charge on any atom is -0.312 e. The number of fused-ring (bicyclic) bond motifs is 1. The van der Waals surface area contributed by atoms with Gasteiger partial charge in [0.15, 0.2) is 5.16 Å². The maximum atomic E-state index is 13.1. The molecule has 0 bridgehead atoms. The van der Waals surface area contributed by atoms with Crippen LogP contribution in [0.15, 0.2) is 52.4 Å². The van der Waals surface area contributed by atoms with Crippen molar-refractivity contribution in [3.8, 4) is 0 Å². The van der Waals surface area contributed by atoms with Gasteiger partial charge in [-0.3, -0.25) is 9.59 Å². The van der Waals surface area contributed by atoms with E-state index in [-0.39, 0.29) is 29.6 Å². The zero-order chi connectivity index (χ0) is 21.4. The predicted molar refractivity (Wildman–Crippen MR) is 116 cm³/mol. The average molecular weight is 424 g/mol. The fourth-order valence-electron chi connectivity index (χ4n) is 3.88. The Bertz CT molecular complexity index is 1190. The Morgan fingerprint density at radius 3 is 2.60 bits per heavy atom. The summed E-state index contributed by atoms with van der Waals surface area (Å²) in [4.78, 5) is 29.8. The number of rotatable bonds is 4. The lowest BCUT2D eigenvalue weighted by molar-refractivity contribution is -0.116. The number of anilines is 1. The number of halogens is 1. The van der Waals surface area contributed by atoms with Crippen molar-refractivity contribution in [2.75, 3.05) is 5.32 Å². The highest BCUT2D eigenvalue weighted by atomic mass is 32.2. The third-order valence-corrected chi connectivity index (χ3v) is 6.48. The second kappa shape index (κ2) is 8.07. The first-order valence-electron chi connectivity index (χ1n) is 9.68. The molecule has 1 aliphatic heterocycles. The number of hydrogen-bond donors (Lipinski definition) is 1. The number of nitrogens with one attached hydrogen (secondary N) is 1. The fourth-order valence-corrected chi connectivity index (χ4v) is 4.80. The highest BCUT2D eigenvalue weighted by molar-refractivity contribution is 7.98. The van der Waals surface area contributed by atoms with E-state index in [0.29, 0.717) is 22.3 Å². The summed E-state index contributed by atoms with van der Waals surface area (Å²) in [5, 5.41) is 3.37. The Morgan fingerprint density at radius 1 is 1.17 bits per heavy atom. The Balaban J connectivity index is 1.72. The van der Waals surface area contributed by atoms with Gasteiger partial charge in [-0.05, 0) is 42.7 Å². The van der Waals surface area contributed by atoms with Crippen LogP contribution in [0.2, 0.25) is 0 Å². The zero-order valence-corrected chi connectivity index (χ0v) is 17.8. The van der Waals surface area contributed by atoms with Crippen LogP contribution in [0, 0.1) is 19.7 Å². The molecule has 30 heavy (non-hydrogen) atoms. The maximum absolute atomic E-state index is 13.1. The average Bonchev–Trinajstić information content (AvgIpc) is 2.70. The van der Waals surface area contributed by atoms with Crippen LogP contribution in [0.25, 0.3) is 0 Å². The summed E-state index contributed by atoms with van der Waals surface area (Å²) in [6.45, 7) is 4.02. The Kier molecular flexibility index (Phi) is 5.47. The molecule has 1 aliphatic rings. The normalized spacial score (nSPS) is 15.6. The number of hydrogen-bond acceptors (Lipinski definition) is 4. The van der Waals surface area contributed by atoms with E-state index in [1.54, 1.807) is 23.7 Å². The second-order valence-corrected chi connectivity index (χ2v) is 8.54. The molecule has 0 saturated carbocycles. The lowest BCUT2D eigenvalue weighted by Gasteiger charge is -2.28. The van der Waals surface area contributed by atoms with Gasteiger partial charge in [-0.25, -0.2) is 4.39 Å². The van der Waals surface area contributed by atoms with E-state index in [2.05, 4.69) is 16.4 Å². The predicted octanol–water partition coefficient (Wildman–Crippen LogP) is 4.30. The van der Waals surface area contributed by atoms with Crippen LogP contribution in [0.3, 0.4) is 0 Å². The first kappa shape index (κ1) is 20.3. The molecule has 1 N–H and O–H groups in total. The third-order valence-electron chi connectivity index (χ3n) is 5.38. The molecule has 4 rings (SSSR count). The number of amides is 1. The van der Waals surface area contributed by atoms with E-state index in [4.69, 9.17) is 0 Å². The molecule has 0 saturated heterocycles. The van der Waals surface area contributed by atoms with Gasteiger partial charge in [-0.1, -0.05) is 47.7 Å². The summed E-state index contributed by atoms with van der Waals surface area (Å²) in [7, 11) is 1.79. The fraction of sp³-hybridized carbons (Fsp3) is 0.261. The number of carbonyl (C=O) groups excluding carboxylic acids is 1. The van der Waals surface area contributed by atoms with E-state index in [1.165, 1.54) is 23.9 Å². The van der Waals surface area contributed by atoms with E-state index >= 15 is 0 Å². The van der Waals surface area contributed by atoms with Crippen LogP contribution in [0.4, 0.5) is 10.2 Å². The molecule has 1 atom stereocenters. The number of thioether (sulfide) groups is 1. The highest BCUT2D eigenvalue weighted by Crippen LogP contribution is 2.37. The standard InChI is InChI=1S/C23H22FN3O2S/c1-13-4-9-17(14(2)10-13)18-11-19(28)25-21-20(18)22(29)26-23(27(21)3)30-12-15-5-7-16(24)8-6-15/h4-10,18H,11-12H2,1-3H3,(H,25,28). The van der Waals surface area contributed by atoms with Crippen molar-refractivity contribution in [3.05, 3.63) is 86.5 Å². The van der Waals surface area contributed by atoms with E-state index < -0.39 is 0 Å². The van der Waals surface area contributed by atoms with Crippen molar-refractivity contribution in [1.82, 2.24) is 9.55 Å². The molecule has 1 aromatic heterocycles. The first-order valence-corrected chi connectivity index (χ1v) is 10.7. The summed E-state index contributed by atoms with van der Waals surface area (Å²) in [5.74, 6) is 0.300. The Morgan fingerprint density at radius 2 is 1.90 bits per heavy atom. The molecular weight excluding hydrogens is 401 g/mol. The van der Waals surface area contributed by atoms with Gasteiger partial charge in [0.25, 0.3) is 5.56 Å². The molecular formula is C23H22FN3O2S. The van der Waals surface area contributed by atoms with Crippen LogP contribution in [0.1, 0.15) is 40.2 Å². The monoisotopic (exact) mass is 423 g/mol. The van der Waals surface area contributed by atoms with Gasteiger partial charge in [0.1, 0.15) is 11.6 Å². The van der Waals surface area contributed by atoms with Gasteiger partial charge in [-0.2, -0.15) is 4.98 Å². The van der Waals surface area contributed by atoms with Crippen LogP contribution < -0.4 is 10.9 Å². The molecule has 154 valence electrons. The summed E-state index contributed by atoms with van der Waals surface area (Å²) in [6, 6.07) is 12.3. The molecule has 5 nitrogen and oxygen atoms in total. The molecule has 2 heterocycles. The molecule has 0 spiro atoms. The van der Waals surface area contributed by atoms with Gasteiger partial charge in [-0.15, -0.1) is 0 Å². The van der Waals surface area contributed by atoms with Gasteiger partial charge >= 0.3 is 0 Å².